The Kier molecular flexibility index (Phi) is 4.43. The van der Waals surface area contributed by atoms with Gasteiger partial charge in [-0.2, -0.15) is 0 Å². The summed E-state index contributed by atoms with van der Waals surface area (Å²) in [6.07, 6.45) is 4.08. The van der Waals surface area contributed by atoms with Crippen molar-refractivity contribution in [3.63, 3.8) is 0 Å². The van der Waals surface area contributed by atoms with E-state index in [9.17, 15) is 9.90 Å². The number of hydrogen-bond donors (Lipinski definition) is 2. The maximum absolute atomic E-state index is 12.5. The summed E-state index contributed by atoms with van der Waals surface area (Å²) in [5.41, 5.74) is 8.10. The van der Waals surface area contributed by atoms with Gasteiger partial charge in [-0.05, 0) is 37.5 Å². The van der Waals surface area contributed by atoms with Crippen molar-refractivity contribution in [2.24, 2.45) is 0 Å². The SMILES string of the molecule is Cc1ccc(C(=O)N2CCCCCC2CO)cc1N. The first-order valence-corrected chi connectivity index (χ1v) is 6.91. The fraction of sp³-hybridized carbons (Fsp3) is 0.533. The highest BCUT2D eigenvalue weighted by molar-refractivity contribution is 5.95. The summed E-state index contributed by atoms with van der Waals surface area (Å²) in [5.74, 6) is -0.0207. The van der Waals surface area contributed by atoms with E-state index in [-0.39, 0.29) is 18.6 Å². The number of aryl methyl sites for hydroxylation is 1. The zero-order chi connectivity index (χ0) is 13.8. The van der Waals surface area contributed by atoms with Gasteiger partial charge in [-0.15, -0.1) is 0 Å². The fourth-order valence-electron chi connectivity index (χ4n) is 2.57. The number of aliphatic hydroxyl groups excluding tert-OH is 1. The standard InChI is InChI=1S/C15H22N2O2/c1-11-6-7-12(9-14(11)16)15(19)17-8-4-2-3-5-13(17)10-18/h6-7,9,13,18H,2-5,8,10,16H2,1H3. The van der Waals surface area contributed by atoms with E-state index in [1.54, 1.807) is 11.0 Å². The molecule has 1 heterocycles. The molecular formula is C15H22N2O2. The Morgan fingerprint density at radius 2 is 2.21 bits per heavy atom. The third kappa shape index (κ3) is 3.07. The lowest BCUT2D eigenvalue weighted by Gasteiger charge is -2.28. The average Bonchev–Trinajstić information content (AvgIpc) is 2.66. The summed E-state index contributed by atoms with van der Waals surface area (Å²) in [7, 11) is 0. The summed E-state index contributed by atoms with van der Waals surface area (Å²) < 4.78 is 0. The second kappa shape index (κ2) is 6.06. The van der Waals surface area contributed by atoms with E-state index in [1.807, 2.05) is 19.1 Å². The van der Waals surface area contributed by atoms with Gasteiger partial charge < -0.3 is 15.7 Å². The normalized spacial score (nSPS) is 20.1. The molecule has 3 N–H and O–H groups in total. The molecule has 104 valence electrons. The van der Waals surface area contributed by atoms with E-state index in [4.69, 9.17) is 5.73 Å². The molecule has 1 amide bonds. The van der Waals surface area contributed by atoms with Gasteiger partial charge >= 0.3 is 0 Å². The maximum Gasteiger partial charge on any atom is 0.254 e. The molecule has 1 atom stereocenters. The number of anilines is 1. The van der Waals surface area contributed by atoms with Crippen LogP contribution in [0.2, 0.25) is 0 Å². The minimum absolute atomic E-state index is 0.0207. The minimum atomic E-state index is -0.0578. The van der Waals surface area contributed by atoms with Gasteiger partial charge in [0.1, 0.15) is 0 Å². The number of carbonyl (C=O) groups excluding carboxylic acids is 1. The molecule has 0 radical (unpaired) electrons. The van der Waals surface area contributed by atoms with Crippen LogP contribution >= 0.6 is 0 Å². The Hall–Kier alpha value is -1.55. The molecule has 4 nitrogen and oxygen atoms in total. The van der Waals surface area contributed by atoms with Crippen molar-refractivity contribution >= 4 is 11.6 Å². The van der Waals surface area contributed by atoms with E-state index in [2.05, 4.69) is 0 Å². The minimum Gasteiger partial charge on any atom is -0.398 e. The number of likely N-dealkylation sites (tertiary alicyclic amines) is 1. The van der Waals surface area contributed by atoms with Crippen LogP contribution in [0.3, 0.4) is 0 Å². The van der Waals surface area contributed by atoms with Crippen LogP contribution in [0.25, 0.3) is 0 Å². The number of hydrogen-bond acceptors (Lipinski definition) is 3. The van der Waals surface area contributed by atoms with Crippen molar-refractivity contribution in [3.8, 4) is 0 Å². The smallest absolute Gasteiger partial charge is 0.254 e. The molecule has 1 fully saturated rings. The summed E-state index contributed by atoms with van der Waals surface area (Å²) in [6.45, 7) is 2.68. The van der Waals surface area contributed by atoms with Crippen LogP contribution in [0.15, 0.2) is 18.2 Å². The van der Waals surface area contributed by atoms with Gasteiger partial charge in [-0.3, -0.25) is 4.79 Å². The molecule has 1 aliphatic rings. The second-order valence-corrected chi connectivity index (χ2v) is 5.26. The van der Waals surface area contributed by atoms with Gasteiger partial charge in [0, 0.05) is 17.8 Å². The van der Waals surface area contributed by atoms with E-state index < -0.39 is 0 Å². The van der Waals surface area contributed by atoms with Crippen LogP contribution in [0.5, 0.6) is 0 Å². The van der Waals surface area contributed by atoms with Gasteiger partial charge in [-0.1, -0.05) is 18.9 Å². The van der Waals surface area contributed by atoms with Crippen molar-refractivity contribution in [1.29, 1.82) is 0 Å². The van der Waals surface area contributed by atoms with Gasteiger partial charge in [0.15, 0.2) is 0 Å². The number of rotatable bonds is 2. The van der Waals surface area contributed by atoms with E-state index in [0.717, 1.165) is 37.8 Å². The zero-order valence-corrected chi connectivity index (χ0v) is 11.4. The molecule has 0 aromatic heterocycles. The Labute approximate surface area is 114 Å². The number of aliphatic hydroxyl groups is 1. The Bertz CT molecular complexity index is 459. The molecule has 4 heteroatoms. The summed E-state index contributed by atoms with van der Waals surface area (Å²) >= 11 is 0. The zero-order valence-electron chi connectivity index (χ0n) is 11.4. The number of amides is 1. The number of nitrogens with zero attached hydrogens (tertiary/aromatic N) is 1. The van der Waals surface area contributed by atoms with Crippen LogP contribution in [0.1, 0.15) is 41.6 Å². The van der Waals surface area contributed by atoms with Crippen molar-refractivity contribution in [1.82, 2.24) is 4.90 Å². The summed E-state index contributed by atoms with van der Waals surface area (Å²) in [4.78, 5) is 14.3. The van der Waals surface area contributed by atoms with Crippen LogP contribution in [0.4, 0.5) is 5.69 Å². The molecule has 0 bridgehead atoms. The van der Waals surface area contributed by atoms with Crippen molar-refractivity contribution in [2.75, 3.05) is 18.9 Å². The first-order valence-electron chi connectivity index (χ1n) is 6.91. The quantitative estimate of drug-likeness (QED) is 0.801. The lowest BCUT2D eigenvalue weighted by molar-refractivity contribution is 0.0600. The van der Waals surface area contributed by atoms with Gasteiger partial charge in [0.2, 0.25) is 0 Å². The third-order valence-electron chi connectivity index (χ3n) is 3.87. The van der Waals surface area contributed by atoms with E-state index >= 15 is 0 Å². The highest BCUT2D eigenvalue weighted by atomic mass is 16.3. The van der Waals surface area contributed by atoms with Crippen molar-refractivity contribution < 1.29 is 9.90 Å². The average molecular weight is 262 g/mol. The summed E-state index contributed by atoms with van der Waals surface area (Å²) in [5, 5.41) is 9.46. The van der Waals surface area contributed by atoms with Crippen molar-refractivity contribution in [2.45, 2.75) is 38.6 Å². The maximum atomic E-state index is 12.5. The predicted molar refractivity (Wildman–Crippen MR) is 76.0 cm³/mol. The number of benzene rings is 1. The van der Waals surface area contributed by atoms with Crippen molar-refractivity contribution in [3.05, 3.63) is 29.3 Å². The fourth-order valence-corrected chi connectivity index (χ4v) is 2.57. The molecule has 1 saturated heterocycles. The number of nitrogen functional groups attached to an aromatic ring is 1. The van der Waals surface area contributed by atoms with Gasteiger partial charge in [-0.25, -0.2) is 0 Å². The second-order valence-electron chi connectivity index (χ2n) is 5.26. The largest absolute Gasteiger partial charge is 0.398 e. The number of nitrogens with two attached hydrogens (primary N) is 1. The van der Waals surface area contributed by atoms with Crippen LogP contribution in [0, 0.1) is 6.92 Å². The first-order chi connectivity index (χ1) is 9.13. The van der Waals surface area contributed by atoms with Crippen LogP contribution in [-0.4, -0.2) is 35.1 Å². The Balaban J connectivity index is 2.22. The summed E-state index contributed by atoms with van der Waals surface area (Å²) in [6, 6.07) is 5.36. The number of carbonyl (C=O) groups is 1. The topological polar surface area (TPSA) is 66.6 Å². The van der Waals surface area contributed by atoms with Crippen LogP contribution < -0.4 is 5.73 Å². The third-order valence-corrected chi connectivity index (χ3v) is 3.87. The van der Waals surface area contributed by atoms with Gasteiger partial charge in [0.05, 0.1) is 12.6 Å². The molecule has 0 saturated carbocycles. The van der Waals surface area contributed by atoms with E-state index in [0.29, 0.717) is 11.3 Å². The first kappa shape index (κ1) is 13.9. The lowest BCUT2D eigenvalue weighted by atomic mass is 10.1. The molecule has 0 aliphatic carbocycles. The molecule has 0 spiro atoms. The molecule has 19 heavy (non-hydrogen) atoms. The molecular weight excluding hydrogens is 240 g/mol. The molecule has 2 rings (SSSR count). The Morgan fingerprint density at radius 1 is 1.42 bits per heavy atom. The van der Waals surface area contributed by atoms with Gasteiger partial charge in [0.25, 0.3) is 5.91 Å². The molecule has 1 aromatic carbocycles. The lowest BCUT2D eigenvalue weighted by Crippen LogP contribution is -2.42. The Morgan fingerprint density at radius 3 is 2.89 bits per heavy atom. The molecule has 1 unspecified atom stereocenters. The predicted octanol–water partition coefficient (Wildman–Crippen LogP) is 1.95. The highest BCUT2D eigenvalue weighted by Gasteiger charge is 2.25. The van der Waals surface area contributed by atoms with Crippen LogP contribution in [-0.2, 0) is 0 Å². The monoisotopic (exact) mass is 262 g/mol. The molecule has 1 aromatic rings. The highest BCUT2D eigenvalue weighted by Crippen LogP contribution is 2.21. The molecule has 1 aliphatic heterocycles. The van der Waals surface area contributed by atoms with E-state index in [1.165, 1.54) is 0 Å².